The third-order valence-corrected chi connectivity index (χ3v) is 4.93. The molecule has 0 unspecified atom stereocenters. The molecule has 0 spiro atoms. The van der Waals surface area contributed by atoms with E-state index < -0.39 is 0 Å². The van der Waals surface area contributed by atoms with Gasteiger partial charge in [0.25, 0.3) is 0 Å². The van der Waals surface area contributed by atoms with Crippen molar-refractivity contribution in [1.29, 1.82) is 0 Å². The molecule has 0 saturated carbocycles. The molecule has 0 amide bonds. The van der Waals surface area contributed by atoms with Crippen LogP contribution in [0.4, 0.5) is 0 Å². The minimum Gasteiger partial charge on any atom is -0.497 e. The molecular weight excluding hydrogens is 264 g/mol. The molecule has 2 heterocycles. The van der Waals surface area contributed by atoms with Crippen LogP contribution >= 0.6 is 22.7 Å². The molecule has 0 bridgehead atoms. The van der Waals surface area contributed by atoms with Gasteiger partial charge in [0.2, 0.25) is 0 Å². The maximum Gasteiger partial charge on any atom is 0.119 e. The summed E-state index contributed by atoms with van der Waals surface area (Å²) >= 11 is 3.34. The molecule has 0 fully saturated rings. The first-order valence-corrected chi connectivity index (χ1v) is 7.26. The Morgan fingerprint density at radius 2 is 2.11 bits per heavy atom. The van der Waals surface area contributed by atoms with Gasteiger partial charge in [-0.1, -0.05) is 0 Å². The van der Waals surface area contributed by atoms with Crippen molar-refractivity contribution < 1.29 is 9.84 Å². The van der Waals surface area contributed by atoms with Crippen LogP contribution in [-0.4, -0.2) is 12.2 Å². The number of methoxy groups -OCH3 is 1. The van der Waals surface area contributed by atoms with Crippen LogP contribution in [0, 0.1) is 0 Å². The molecule has 0 saturated heterocycles. The highest BCUT2D eigenvalue weighted by atomic mass is 32.1. The number of fused-ring (bicyclic) bond motifs is 1. The standard InChI is InChI=1S/C14H12O2S2/c1-16-10-2-3-12-9(6-10)7-13(18-12)11-4-5-17-14(11)8-15/h2-7,15H,8H2,1H3. The van der Waals surface area contributed by atoms with Crippen LogP contribution in [0.15, 0.2) is 35.7 Å². The molecule has 0 aliphatic carbocycles. The summed E-state index contributed by atoms with van der Waals surface area (Å²) in [5.41, 5.74) is 1.14. The maximum atomic E-state index is 9.32. The van der Waals surface area contributed by atoms with E-state index in [1.807, 2.05) is 17.5 Å². The Balaban J connectivity index is 2.13. The van der Waals surface area contributed by atoms with Crippen molar-refractivity contribution in [2.24, 2.45) is 0 Å². The summed E-state index contributed by atoms with van der Waals surface area (Å²) in [7, 11) is 1.68. The molecule has 18 heavy (non-hydrogen) atoms. The van der Waals surface area contributed by atoms with Gasteiger partial charge in [0, 0.05) is 20.0 Å². The van der Waals surface area contributed by atoms with Crippen LogP contribution in [0.2, 0.25) is 0 Å². The van der Waals surface area contributed by atoms with Crippen molar-refractivity contribution in [2.45, 2.75) is 6.61 Å². The Labute approximate surface area is 113 Å². The molecule has 1 N–H and O–H groups in total. The zero-order chi connectivity index (χ0) is 12.5. The lowest BCUT2D eigenvalue weighted by atomic mass is 10.2. The molecule has 3 rings (SSSR count). The van der Waals surface area contributed by atoms with E-state index in [-0.39, 0.29) is 6.61 Å². The number of benzene rings is 1. The first kappa shape index (κ1) is 11.7. The summed E-state index contributed by atoms with van der Waals surface area (Å²) in [4.78, 5) is 2.22. The molecular formula is C14H12O2S2. The van der Waals surface area contributed by atoms with Crippen molar-refractivity contribution in [2.75, 3.05) is 7.11 Å². The van der Waals surface area contributed by atoms with Crippen LogP contribution in [-0.2, 0) is 6.61 Å². The van der Waals surface area contributed by atoms with Gasteiger partial charge in [-0.25, -0.2) is 0 Å². The molecule has 0 atom stereocenters. The zero-order valence-corrected chi connectivity index (χ0v) is 11.5. The number of aliphatic hydroxyl groups is 1. The van der Waals surface area contributed by atoms with E-state index in [1.165, 1.54) is 15.0 Å². The molecule has 4 heteroatoms. The summed E-state index contributed by atoms with van der Waals surface area (Å²) in [6.07, 6.45) is 0. The van der Waals surface area contributed by atoms with Crippen molar-refractivity contribution in [1.82, 2.24) is 0 Å². The summed E-state index contributed by atoms with van der Waals surface area (Å²) in [5, 5.41) is 12.5. The van der Waals surface area contributed by atoms with Gasteiger partial charge in [0.05, 0.1) is 13.7 Å². The van der Waals surface area contributed by atoms with Crippen LogP contribution < -0.4 is 4.74 Å². The van der Waals surface area contributed by atoms with Gasteiger partial charge in [-0.3, -0.25) is 0 Å². The van der Waals surface area contributed by atoms with E-state index in [2.05, 4.69) is 18.2 Å². The Kier molecular flexibility index (Phi) is 3.07. The lowest BCUT2D eigenvalue weighted by molar-refractivity contribution is 0.286. The minimum atomic E-state index is 0.102. The highest BCUT2D eigenvalue weighted by Crippen LogP contribution is 2.38. The summed E-state index contributed by atoms with van der Waals surface area (Å²) in [6.45, 7) is 0.102. The fourth-order valence-corrected chi connectivity index (χ4v) is 3.87. The van der Waals surface area contributed by atoms with E-state index in [9.17, 15) is 5.11 Å². The van der Waals surface area contributed by atoms with Gasteiger partial charge in [-0.15, -0.1) is 22.7 Å². The van der Waals surface area contributed by atoms with E-state index in [4.69, 9.17) is 4.74 Å². The van der Waals surface area contributed by atoms with Gasteiger partial charge in [-0.2, -0.15) is 0 Å². The average Bonchev–Trinajstić information content (AvgIpc) is 3.03. The predicted octanol–water partition coefficient (Wildman–Crippen LogP) is 4.13. The maximum absolute atomic E-state index is 9.32. The summed E-state index contributed by atoms with van der Waals surface area (Å²) < 4.78 is 6.47. The lowest BCUT2D eigenvalue weighted by Crippen LogP contribution is -1.80. The number of hydrogen-bond donors (Lipinski definition) is 1. The molecule has 92 valence electrons. The predicted molar refractivity (Wildman–Crippen MR) is 77.6 cm³/mol. The first-order valence-electron chi connectivity index (χ1n) is 5.57. The molecule has 1 aromatic carbocycles. The van der Waals surface area contributed by atoms with Crippen molar-refractivity contribution in [3.05, 3.63) is 40.6 Å². The molecule has 0 radical (unpaired) electrons. The van der Waals surface area contributed by atoms with Crippen LogP contribution in [0.1, 0.15) is 4.88 Å². The zero-order valence-electron chi connectivity index (χ0n) is 9.84. The van der Waals surface area contributed by atoms with Gasteiger partial charge in [0.1, 0.15) is 5.75 Å². The van der Waals surface area contributed by atoms with E-state index in [0.717, 1.165) is 16.2 Å². The van der Waals surface area contributed by atoms with E-state index in [0.29, 0.717) is 0 Å². The third-order valence-electron chi connectivity index (χ3n) is 2.88. The Morgan fingerprint density at radius 1 is 1.22 bits per heavy atom. The van der Waals surface area contributed by atoms with E-state index in [1.54, 1.807) is 29.8 Å². The van der Waals surface area contributed by atoms with Gasteiger partial charge in [-0.05, 0) is 41.1 Å². The first-order chi connectivity index (χ1) is 8.81. The van der Waals surface area contributed by atoms with Gasteiger partial charge in [0.15, 0.2) is 0 Å². The second-order valence-electron chi connectivity index (χ2n) is 3.93. The van der Waals surface area contributed by atoms with Crippen LogP contribution in [0.5, 0.6) is 5.75 Å². The quantitative estimate of drug-likeness (QED) is 0.779. The Morgan fingerprint density at radius 3 is 2.89 bits per heavy atom. The van der Waals surface area contributed by atoms with E-state index >= 15 is 0 Å². The molecule has 2 aromatic heterocycles. The largest absolute Gasteiger partial charge is 0.497 e. The summed E-state index contributed by atoms with van der Waals surface area (Å²) in [6, 6.07) is 10.3. The molecule has 0 aliphatic rings. The molecule has 3 aromatic rings. The normalized spacial score (nSPS) is 11.0. The number of rotatable bonds is 3. The minimum absolute atomic E-state index is 0.102. The fourth-order valence-electron chi connectivity index (χ4n) is 1.96. The summed E-state index contributed by atoms with van der Waals surface area (Å²) in [5.74, 6) is 0.875. The second-order valence-corrected chi connectivity index (χ2v) is 6.01. The van der Waals surface area contributed by atoms with Gasteiger partial charge < -0.3 is 9.84 Å². The highest BCUT2D eigenvalue weighted by molar-refractivity contribution is 7.22. The topological polar surface area (TPSA) is 29.5 Å². The van der Waals surface area contributed by atoms with Crippen molar-refractivity contribution in [3.63, 3.8) is 0 Å². The Hall–Kier alpha value is -1.36. The molecule has 2 nitrogen and oxygen atoms in total. The highest BCUT2D eigenvalue weighted by Gasteiger charge is 2.10. The monoisotopic (exact) mass is 276 g/mol. The number of thiophene rings is 2. The average molecular weight is 276 g/mol. The molecule has 0 aliphatic heterocycles. The fraction of sp³-hybridized carbons (Fsp3) is 0.143. The number of aliphatic hydroxyl groups excluding tert-OH is 1. The van der Waals surface area contributed by atoms with Gasteiger partial charge >= 0.3 is 0 Å². The third kappa shape index (κ3) is 1.92. The van der Waals surface area contributed by atoms with Crippen LogP contribution in [0.3, 0.4) is 0 Å². The number of hydrogen-bond acceptors (Lipinski definition) is 4. The van der Waals surface area contributed by atoms with Crippen molar-refractivity contribution in [3.8, 4) is 16.2 Å². The lowest BCUT2D eigenvalue weighted by Gasteiger charge is -1.97. The van der Waals surface area contributed by atoms with Crippen LogP contribution in [0.25, 0.3) is 20.5 Å². The van der Waals surface area contributed by atoms with Crippen molar-refractivity contribution >= 4 is 32.8 Å². The number of ether oxygens (including phenoxy) is 1. The smallest absolute Gasteiger partial charge is 0.119 e. The Bertz CT molecular complexity index is 682. The SMILES string of the molecule is COc1ccc2sc(-c3ccsc3CO)cc2c1. The second kappa shape index (κ2) is 4.72.